The van der Waals surface area contributed by atoms with E-state index in [9.17, 15) is 4.79 Å². The second-order valence-electron chi connectivity index (χ2n) is 5.31. The molecule has 6 heteroatoms. The molecule has 0 radical (unpaired) electrons. The minimum absolute atomic E-state index is 0.0346. The number of ether oxygens (including phenoxy) is 1. The van der Waals surface area contributed by atoms with Crippen LogP contribution in [-0.4, -0.2) is 62.3 Å². The average Bonchev–Trinajstić information content (AvgIpc) is 2.92. The van der Waals surface area contributed by atoms with E-state index in [1.807, 2.05) is 38.1 Å². The van der Waals surface area contributed by atoms with Gasteiger partial charge in [0.15, 0.2) is 0 Å². The SMILES string of the molecule is C[C@H]1CN(C(=O)NC[C@H](c2ccco2)N(C)C)CCO1. The summed E-state index contributed by atoms with van der Waals surface area (Å²) in [6.45, 7) is 4.38. The van der Waals surface area contributed by atoms with Gasteiger partial charge in [0.05, 0.1) is 25.0 Å². The van der Waals surface area contributed by atoms with Crippen molar-refractivity contribution >= 4 is 6.03 Å². The third-order valence-electron chi connectivity index (χ3n) is 3.47. The third-order valence-corrected chi connectivity index (χ3v) is 3.47. The summed E-state index contributed by atoms with van der Waals surface area (Å²) in [6.07, 6.45) is 1.75. The molecule has 2 rings (SSSR count). The summed E-state index contributed by atoms with van der Waals surface area (Å²) in [4.78, 5) is 16.0. The molecule has 2 amide bonds. The molecule has 2 heterocycles. The second kappa shape index (κ2) is 6.76. The fourth-order valence-electron chi connectivity index (χ4n) is 2.32. The number of amides is 2. The van der Waals surface area contributed by atoms with Gasteiger partial charge >= 0.3 is 6.03 Å². The van der Waals surface area contributed by atoms with Gasteiger partial charge < -0.3 is 19.4 Å². The van der Waals surface area contributed by atoms with E-state index in [2.05, 4.69) is 5.32 Å². The fourth-order valence-corrected chi connectivity index (χ4v) is 2.32. The molecule has 20 heavy (non-hydrogen) atoms. The quantitative estimate of drug-likeness (QED) is 0.904. The van der Waals surface area contributed by atoms with Gasteiger partial charge in [0.1, 0.15) is 5.76 Å². The summed E-state index contributed by atoms with van der Waals surface area (Å²) >= 11 is 0. The van der Waals surface area contributed by atoms with Crippen LogP contribution in [-0.2, 0) is 4.74 Å². The Hall–Kier alpha value is -1.53. The van der Waals surface area contributed by atoms with E-state index < -0.39 is 0 Å². The number of furan rings is 1. The monoisotopic (exact) mass is 281 g/mol. The molecule has 1 fully saturated rings. The van der Waals surface area contributed by atoms with Crippen molar-refractivity contribution in [3.05, 3.63) is 24.2 Å². The molecule has 0 aromatic carbocycles. The molecule has 0 spiro atoms. The zero-order valence-electron chi connectivity index (χ0n) is 12.3. The molecule has 2 atom stereocenters. The van der Waals surface area contributed by atoms with Crippen molar-refractivity contribution in [2.45, 2.75) is 19.1 Å². The van der Waals surface area contributed by atoms with Gasteiger partial charge in [0, 0.05) is 19.6 Å². The number of hydrogen-bond acceptors (Lipinski definition) is 4. The van der Waals surface area contributed by atoms with Crippen LogP contribution < -0.4 is 5.32 Å². The van der Waals surface area contributed by atoms with Crippen LogP contribution in [0.15, 0.2) is 22.8 Å². The van der Waals surface area contributed by atoms with Crippen LogP contribution in [0.4, 0.5) is 4.79 Å². The van der Waals surface area contributed by atoms with Crippen molar-refractivity contribution < 1.29 is 13.9 Å². The predicted molar refractivity (Wildman–Crippen MR) is 75.5 cm³/mol. The van der Waals surface area contributed by atoms with Gasteiger partial charge in [-0.1, -0.05) is 0 Å². The first-order chi connectivity index (χ1) is 9.58. The first-order valence-electron chi connectivity index (χ1n) is 6.92. The summed E-state index contributed by atoms with van der Waals surface area (Å²) in [6, 6.07) is 3.77. The molecule has 1 aromatic rings. The van der Waals surface area contributed by atoms with Gasteiger partial charge in [0.2, 0.25) is 0 Å². The normalized spacial score (nSPS) is 21.0. The highest BCUT2D eigenvalue weighted by molar-refractivity contribution is 5.74. The maximum Gasteiger partial charge on any atom is 0.317 e. The lowest BCUT2D eigenvalue weighted by Crippen LogP contribution is -2.50. The van der Waals surface area contributed by atoms with Gasteiger partial charge in [-0.05, 0) is 33.2 Å². The van der Waals surface area contributed by atoms with Crippen LogP contribution in [0.5, 0.6) is 0 Å². The van der Waals surface area contributed by atoms with Crippen molar-refractivity contribution in [1.29, 1.82) is 0 Å². The van der Waals surface area contributed by atoms with E-state index in [0.29, 0.717) is 26.2 Å². The Morgan fingerprint density at radius 1 is 1.60 bits per heavy atom. The zero-order valence-corrected chi connectivity index (χ0v) is 12.3. The maximum absolute atomic E-state index is 12.2. The van der Waals surface area contributed by atoms with Crippen LogP contribution >= 0.6 is 0 Å². The van der Waals surface area contributed by atoms with Gasteiger partial charge in [-0.2, -0.15) is 0 Å². The van der Waals surface area contributed by atoms with Crippen molar-refractivity contribution in [2.75, 3.05) is 40.3 Å². The molecule has 1 aliphatic rings. The number of nitrogens with zero attached hydrogens (tertiary/aromatic N) is 2. The first-order valence-corrected chi connectivity index (χ1v) is 6.92. The molecule has 6 nitrogen and oxygen atoms in total. The molecule has 1 N–H and O–H groups in total. The lowest BCUT2D eigenvalue weighted by molar-refractivity contribution is -0.00367. The van der Waals surface area contributed by atoms with Gasteiger partial charge in [0.25, 0.3) is 0 Å². The third kappa shape index (κ3) is 3.74. The maximum atomic E-state index is 12.2. The Labute approximate surface area is 119 Å². The van der Waals surface area contributed by atoms with Crippen molar-refractivity contribution in [1.82, 2.24) is 15.1 Å². The molecule has 112 valence electrons. The van der Waals surface area contributed by atoms with Crippen LogP contribution in [0, 0.1) is 0 Å². The van der Waals surface area contributed by atoms with Crippen molar-refractivity contribution in [2.24, 2.45) is 0 Å². The van der Waals surface area contributed by atoms with E-state index >= 15 is 0 Å². The molecule has 1 aromatic heterocycles. The standard InChI is InChI=1S/C14H23N3O3/c1-11-10-17(6-8-19-11)14(18)15-9-12(16(2)3)13-5-4-7-20-13/h4-5,7,11-12H,6,8-10H2,1-3H3,(H,15,18)/t11-,12+/m0/s1. The summed E-state index contributed by atoms with van der Waals surface area (Å²) < 4.78 is 10.9. The largest absolute Gasteiger partial charge is 0.468 e. The Morgan fingerprint density at radius 3 is 3.00 bits per heavy atom. The molecule has 0 saturated carbocycles. The van der Waals surface area contributed by atoms with Crippen molar-refractivity contribution in [3.8, 4) is 0 Å². The summed E-state index contributed by atoms with van der Waals surface area (Å²) in [5, 5.41) is 2.97. The van der Waals surface area contributed by atoms with Gasteiger partial charge in [-0.3, -0.25) is 4.90 Å². The molecule has 0 bridgehead atoms. The minimum Gasteiger partial charge on any atom is -0.468 e. The van der Waals surface area contributed by atoms with E-state index in [1.54, 1.807) is 11.2 Å². The number of rotatable bonds is 4. The Kier molecular flexibility index (Phi) is 5.03. The minimum atomic E-state index is -0.0430. The van der Waals surface area contributed by atoms with E-state index in [-0.39, 0.29) is 18.2 Å². The molecule has 0 aliphatic carbocycles. The molecular weight excluding hydrogens is 258 g/mol. The van der Waals surface area contributed by atoms with Gasteiger partial charge in [-0.15, -0.1) is 0 Å². The van der Waals surface area contributed by atoms with Crippen LogP contribution in [0.3, 0.4) is 0 Å². The van der Waals surface area contributed by atoms with Crippen LogP contribution in [0.2, 0.25) is 0 Å². The Morgan fingerprint density at radius 2 is 2.40 bits per heavy atom. The van der Waals surface area contributed by atoms with Gasteiger partial charge in [-0.25, -0.2) is 4.79 Å². The average molecular weight is 281 g/mol. The Balaban J connectivity index is 1.87. The number of hydrogen-bond donors (Lipinski definition) is 1. The van der Waals surface area contributed by atoms with Crippen LogP contribution in [0.25, 0.3) is 0 Å². The van der Waals surface area contributed by atoms with E-state index in [0.717, 1.165) is 5.76 Å². The summed E-state index contributed by atoms with van der Waals surface area (Å²) in [7, 11) is 3.94. The highest BCUT2D eigenvalue weighted by Gasteiger charge is 2.23. The van der Waals surface area contributed by atoms with Crippen molar-refractivity contribution in [3.63, 3.8) is 0 Å². The van der Waals surface area contributed by atoms with E-state index in [4.69, 9.17) is 9.15 Å². The molecule has 1 saturated heterocycles. The number of nitrogens with one attached hydrogen (secondary N) is 1. The molecule has 1 aliphatic heterocycles. The predicted octanol–water partition coefficient (Wildman–Crippen LogP) is 1.31. The fraction of sp³-hybridized carbons (Fsp3) is 0.643. The highest BCUT2D eigenvalue weighted by Crippen LogP contribution is 2.17. The van der Waals surface area contributed by atoms with E-state index in [1.165, 1.54) is 0 Å². The zero-order chi connectivity index (χ0) is 14.5. The highest BCUT2D eigenvalue weighted by atomic mass is 16.5. The number of carbonyl (C=O) groups is 1. The van der Waals surface area contributed by atoms with Crippen LogP contribution in [0.1, 0.15) is 18.7 Å². The number of carbonyl (C=O) groups excluding carboxylic acids is 1. The number of morpholine rings is 1. The number of urea groups is 1. The first kappa shape index (κ1) is 14.9. The summed E-state index contributed by atoms with van der Waals surface area (Å²) in [5.41, 5.74) is 0. The lowest BCUT2D eigenvalue weighted by atomic mass is 10.2. The Bertz CT molecular complexity index is 419. The smallest absolute Gasteiger partial charge is 0.317 e. The molecular formula is C14H23N3O3. The summed E-state index contributed by atoms with van der Waals surface area (Å²) in [5.74, 6) is 0.852. The molecule has 0 unspecified atom stereocenters. The lowest BCUT2D eigenvalue weighted by Gasteiger charge is -2.32. The second-order valence-corrected chi connectivity index (χ2v) is 5.31. The topological polar surface area (TPSA) is 58.0 Å². The number of likely N-dealkylation sites (N-methyl/N-ethyl adjacent to an activating group) is 1.